The van der Waals surface area contributed by atoms with E-state index in [2.05, 4.69) is 461 Å². The van der Waals surface area contributed by atoms with Gasteiger partial charge in [-0.2, -0.15) is 0 Å². The van der Waals surface area contributed by atoms with Crippen LogP contribution >= 0.6 is 0 Å². The topological polar surface area (TPSA) is 0 Å². The maximum Gasteiger partial charge on any atom is -0.00139 e. The van der Waals surface area contributed by atoms with Gasteiger partial charge in [0.1, 0.15) is 0 Å². The average Bonchev–Trinajstić information content (AvgIpc) is 0.730. The maximum absolute atomic E-state index is 2.34. The minimum absolute atomic E-state index is 1.23. The zero-order valence-corrected chi connectivity index (χ0v) is 63.9. The van der Waals surface area contributed by atoms with Gasteiger partial charge in [-0.05, 0) is 237 Å². The summed E-state index contributed by atoms with van der Waals surface area (Å²) in [5.74, 6) is 0. The van der Waals surface area contributed by atoms with Gasteiger partial charge in [-0.15, -0.1) is 0 Å². The summed E-state index contributed by atoms with van der Waals surface area (Å²) in [5, 5.41) is 28.0. The van der Waals surface area contributed by atoms with E-state index in [9.17, 15) is 0 Å². The van der Waals surface area contributed by atoms with Crippen LogP contribution in [0.25, 0.3) is 219 Å². The van der Waals surface area contributed by atoms with Gasteiger partial charge in [0, 0.05) is 0 Å². The lowest BCUT2D eigenvalue weighted by Gasteiger charge is -2.21. The van der Waals surface area contributed by atoms with Crippen molar-refractivity contribution in [1.82, 2.24) is 0 Å². The Bertz CT molecular complexity index is 7560. The number of benzene rings is 23. The largest absolute Gasteiger partial charge is 0.0622 e. The Morgan fingerprint density at radius 1 is 0.0862 bits per heavy atom. The lowest BCUT2D eigenvalue weighted by molar-refractivity contribution is 1.63. The van der Waals surface area contributed by atoms with E-state index in [4.69, 9.17) is 0 Å². The Morgan fingerprint density at radius 2 is 0.345 bits per heavy atom. The molecule has 0 heterocycles. The molecule has 0 amide bonds. The van der Waals surface area contributed by atoms with Crippen LogP contribution in [0.5, 0.6) is 0 Å². The van der Waals surface area contributed by atoms with Gasteiger partial charge in [0.2, 0.25) is 0 Å². The van der Waals surface area contributed by atoms with E-state index in [1.54, 1.807) is 0 Å². The number of hydrogen-bond acceptors (Lipinski definition) is 0. The van der Waals surface area contributed by atoms with Gasteiger partial charge in [-0.3, -0.25) is 0 Å². The van der Waals surface area contributed by atoms with Crippen LogP contribution in [0.15, 0.2) is 461 Å². The molecule has 0 aliphatic carbocycles. The van der Waals surface area contributed by atoms with E-state index in [1.807, 2.05) is 0 Å². The van der Waals surface area contributed by atoms with Crippen molar-refractivity contribution >= 4 is 118 Å². The maximum atomic E-state index is 2.34. The highest BCUT2D eigenvalue weighted by atomic mass is 14.3. The number of hydrogen-bond donors (Lipinski definition) is 0. The van der Waals surface area contributed by atoms with Crippen molar-refractivity contribution in [2.75, 3.05) is 0 Å². The predicted molar refractivity (Wildman–Crippen MR) is 501 cm³/mol. The van der Waals surface area contributed by atoms with Crippen LogP contribution in [0, 0.1) is 0 Å². The molecule has 0 N–H and O–H groups in total. The van der Waals surface area contributed by atoms with E-state index >= 15 is 0 Å². The summed E-state index contributed by atoms with van der Waals surface area (Å²) in [6.45, 7) is 0. The van der Waals surface area contributed by atoms with Crippen molar-refractivity contribution < 1.29 is 0 Å². The Morgan fingerprint density at radius 3 is 0.724 bits per heavy atom. The van der Waals surface area contributed by atoms with Crippen LogP contribution in [-0.2, 0) is 0 Å². The zero-order valence-electron chi connectivity index (χ0n) is 63.9. The molecule has 0 bridgehead atoms. The molecule has 0 spiro atoms. The van der Waals surface area contributed by atoms with Gasteiger partial charge in [0.15, 0.2) is 0 Å². The zero-order chi connectivity index (χ0) is 76.8. The molecule has 540 valence electrons. The summed E-state index contributed by atoms with van der Waals surface area (Å²) in [4.78, 5) is 0. The molecular formula is C116H76. The van der Waals surface area contributed by atoms with E-state index in [-0.39, 0.29) is 0 Å². The lowest BCUT2D eigenvalue weighted by atomic mass is 9.82. The quantitative estimate of drug-likeness (QED) is 0.126. The second kappa shape index (κ2) is 29.9. The average molecular weight is 1470 g/mol. The van der Waals surface area contributed by atoms with Gasteiger partial charge < -0.3 is 0 Å². The molecule has 0 saturated carbocycles. The fraction of sp³-hybridized carbons (Fsp3) is 0. The highest BCUT2D eigenvalue weighted by molar-refractivity contribution is 6.28. The van der Waals surface area contributed by atoms with Crippen molar-refractivity contribution in [1.29, 1.82) is 0 Å². The predicted octanol–water partition coefficient (Wildman–Crippen LogP) is 32.7. The van der Waals surface area contributed by atoms with Crippen LogP contribution in [0.3, 0.4) is 0 Å². The monoisotopic (exact) mass is 1470 g/mol. The van der Waals surface area contributed by atoms with Gasteiger partial charge in [0.05, 0.1) is 0 Å². The minimum Gasteiger partial charge on any atom is -0.0622 e. The van der Waals surface area contributed by atoms with Gasteiger partial charge in [0.25, 0.3) is 0 Å². The summed E-state index contributed by atoms with van der Waals surface area (Å²) in [7, 11) is 0. The smallest absolute Gasteiger partial charge is 0.00139 e. The van der Waals surface area contributed by atoms with Crippen LogP contribution in [0.2, 0.25) is 0 Å². The van der Waals surface area contributed by atoms with Crippen molar-refractivity contribution in [2.24, 2.45) is 0 Å². The second-order valence-electron chi connectivity index (χ2n) is 30.3. The second-order valence-corrected chi connectivity index (χ2v) is 30.3. The SMILES string of the molecule is c1ccc(-c2ccc3c(-c4c5ccccc5c(-c5ccc6ccccc6c5)c5ccccc45)cccc3c2)cc1.c1ccc(-c2ccc3ccccc3c2-c2c3ccccc3c(-c3ccc4ccccc4c3)c3ccccc23)cc1.c1ccc(-c2ccc3ccccc3c2-c2c3ccccc3c(-c3ccccc3)c3ccccc23)cc1. The fourth-order valence-electron chi connectivity index (χ4n) is 18.6. The lowest BCUT2D eigenvalue weighted by Crippen LogP contribution is -1.94. The molecule has 0 aliphatic heterocycles. The highest BCUT2D eigenvalue weighted by Crippen LogP contribution is 2.52. The van der Waals surface area contributed by atoms with E-state index in [0.29, 0.717) is 0 Å². The Labute approximate surface area is 675 Å². The first-order valence-electron chi connectivity index (χ1n) is 40.2. The molecule has 0 fully saturated rings. The third-order valence-corrected chi connectivity index (χ3v) is 23.7. The van der Waals surface area contributed by atoms with Crippen molar-refractivity contribution in [3.8, 4) is 100 Å². The van der Waals surface area contributed by atoms with Crippen LogP contribution in [0.1, 0.15) is 0 Å². The van der Waals surface area contributed by atoms with E-state index in [0.717, 1.165) is 0 Å². The normalized spacial score (nSPS) is 11.4. The molecule has 0 heteroatoms. The van der Waals surface area contributed by atoms with Crippen molar-refractivity contribution in [3.05, 3.63) is 461 Å². The molecule has 23 aromatic rings. The van der Waals surface area contributed by atoms with E-state index in [1.165, 1.54) is 219 Å². The molecule has 0 atom stereocenters. The van der Waals surface area contributed by atoms with Crippen LogP contribution < -0.4 is 0 Å². The fourth-order valence-corrected chi connectivity index (χ4v) is 18.6. The third-order valence-electron chi connectivity index (χ3n) is 23.7. The highest BCUT2D eigenvalue weighted by Gasteiger charge is 2.25. The van der Waals surface area contributed by atoms with Crippen LogP contribution in [0.4, 0.5) is 0 Å². The van der Waals surface area contributed by atoms with Crippen LogP contribution in [-0.4, -0.2) is 0 Å². The summed E-state index contributed by atoms with van der Waals surface area (Å²) in [6, 6.07) is 168. The molecule has 0 unspecified atom stereocenters. The molecule has 23 rings (SSSR count). The van der Waals surface area contributed by atoms with Gasteiger partial charge in [-0.25, -0.2) is 0 Å². The number of fused-ring (bicyclic) bond motifs is 11. The molecule has 0 radical (unpaired) electrons. The summed E-state index contributed by atoms with van der Waals surface area (Å²) < 4.78 is 0. The first kappa shape index (κ1) is 68.9. The summed E-state index contributed by atoms with van der Waals surface area (Å²) >= 11 is 0. The third kappa shape index (κ3) is 12.3. The summed E-state index contributed by atoms with van der Waals surface area (Å²) in [5.41, 5.74) is 22.9. The standard InChI is InChI=1S/2C40H26.C36H24/c1-2-11-27(12-3-1)30-23-24-33-31(25-30)15-10-20-34(33)40-37-18-8-6-16-35(37)39(36-17-7-9-19-38(36)40)32-22-21-28-13-4-5-14-29(28)26-32;1-2-13-28(14-3-1)33-25-24-29-15-6-7-17-32(29)39(33)40-36-20-10-8-18-34(36)38(35-19-9-11-21-37(35)40)31-23-22-27-12-4-5-16-30(27)26-31;1-3-13-25(14-4-1)29-24-23-26-15-7-8-18-28(26)35(29)36-32-21-11-9-19-30(32)34(27-16-5-2-6-17-27)31-20-10-12-22-33(31)36/h2*1-26H;1-24H. The van der Waals surface area contributed by atoms with Gasteiger partial charge >= 0.3 is 0 Å². The molecule has 0 aliphatic rings. The van der Waals surface area contributed by atoms with Crippen molar-refractivity contribution in [3.63, 3.8) is 0 Å². The first-order chi connectivity index (χ1) is 57.6. The molecule has 116 heavy (non-hydrogen) atoms. The summed E-state index contributed by atoms with van der Waals surface area (Å²) in [6.07, 6.45) is 0. The number of rotatable bonds is 9. The Kier molecular flexibility index (Phi) is 17.7. The molecular weight excluding hydrogens is 1390 g/mol. The minimum atomic E-state index is 1.23. The molecule has 0 aromatic heterocycles. The molecule has 0 saturated heterocycles. The van der Waals surface area contributed by atoms with E-state index < -0.39 is 0 Å². The first-order valence-corrected chi connectivity index (χ1v) is 40.2. The van der Waals surface area contributed by atoms with Gasteiger partial charge in [-0.1, -0.05) is 443 Å². The molecule has 0 nitrogen and oxygen atoms in total. The Hall–Kier alpha value is -15.1. The molecule has 23 aromatic carbocycles. The Balaban J connectivity index is 0.000000109. The van der Waals surface area contributed by atoms with Crippen molar-refractivity contribution in [2.45, 2.75) is 0 Å².